The van der Waals surface area contributed by atoms with Gasteiger partial charge in [0.25, 0.3) is 0 Å². The van der Waals surface area contributed by atoms with Crippen LogP contribution in [0.25, 0.3) is 11.1 Å². The lowest BCUT2D eigenvalue weighted by molar-refractivity contribution is 0.411. The molecule has 3 nitrogen and oxygen atoms in total. The highest BCUT2D eigenvalue weighted by molar-refractivity contribution is 5.69. The molecule has 0 amide bonds. The summed E-state index contributed by atoms with van der Waals surface area (Å²) in [5.74, 6) is 0.982. The smallest absolute Gasteiger partial charge is 0.134 e. The van der Waals surface area contributed by atoms with Gasteiger partial charge in [0, 0.05) is 18.2 Å². The summed E-state index contributed by atoms with van der Waals surface area (Å²) in [5.41, 5.74) is 2.42. The summed E-state index contributed by atoms with van der Waals surface area (Å²) in [6.45, 7) is 3.55. The van der Waals surface area contributed by atoms with Crippen molar-refractivity contribution in [3.63, 3.8) is 0 Å². The minimum absolute atomic E-state index is 0.294. The number of methoxy groups -OCH3 is 2. The minimum atomic E-state index is -0.294. The highest BCUT2D eigenvalue weighted by Gasteiger charge is 2.12. The molecule has 0 heterocycles. The molecule has 0 radical (unpaired) electrons. The van der Waals surface area contributed by atoms with Crippen LogP contribution in [-0.4, -0.2) is 20.8 Å². The maximum Gasteiger partial charge on any atom is 0.134 e. The first-order chi connectivity index (χ1) is 10.2. The summed E-state index contributed by atoms with van der Waals surface area (Å²) in [6.07, 6.45) is 0. The third-order valence-corrected chi connectivity index (χ3v) is 3.34. The van der Waals surface area contributed by atoms with E-state index in [1.807, 2.05) is 25.1 Å². The van der Waals surface area contributed by atoms with Gasteiger partial charge in [0.15, 0.2) is 0 Å². The lowest BCUT2D eigenvalue weighted by Crippen LogP contribution is -2.12. The van der Waals surface area contributed by atoms with Gasteiger partial charge in [0.2, 0.25) is 0 Å². The van der Waals surface area contributed by atoms with Crippen LogP contribution in [0, 0.1) is 5.82 Å². The topological polar surface area (TPSA) is 30.5 Å². The van der Waals surface area contributed by atoms with E-state index in [2.05, 4.69) is 5.32 Å². The van der Waals surface area contributed by atoms with Crippen LogP contribution in [0.5, 0.6) is 11.5 Å². The van der Waals surface area contributed by atoms with Crippen molar-refractivity contribution in [2.75, 3.05) is 20.8 Å². The monoisotopic (exact) mass is 289 g/mol. The van der Waals surface area contributed by atoms with Gasteiger partial charge >= 0.3 is 0 Å². The van der Waals surface area contributed by atoms with Gasteiger partial charge in [-0.1, -0.05) is 13.0 Å². The summed E-state index contributed by atoms with van der Waals surface area (Å²) in [5, 5.41) is 3.27. The number of halogens is 1. The number of hydrogen-bond donors (Lipinski definition) is 1. The van der Waals surface area contributed by atoms with Crippen LogP contribution in [-0.2, 0) is 6.54 Å². The van der Waals surface area contributed by atoms with Gasteiger partial charge in [-0.3, -0.25) is 0 Å². The van der Waals surface area contributed by atoms with E-state index >= 15 is 0 Å². The average Bonchev–Trinajstić information content (AvgIpc) is 2.52. The molecule has 2 aromatic rings. The van der Waals surface area contributed by atoms with E-state index < -0.39 is 0 Å². The van der Waals surface area contributed by atoms with Crippen molar-refractivity contribution in [2.24, 2.45) is 0 Å². The Bertz CT molecular complexity index is 614. The summed E-state index contributed by atoms with van der Waals surface area (Å²) in [6, 6.07) is 10.6. The Balaban J connectivity index is 2.46. The van der Waals surface area contributed by atoms with Crippen LogP contribution < -0.4 is 14.8 Å². The van der Waals surface area contributed by atoms with Crippen LogP contribution in [0.4, 0.5) is 4.39 Å². The summed E-state index contributed by atoms with van der Waals surface area (Å²) < 4.78 is 24.6. The Kier molecular flexibility index (Phi) is 5.17. The van der Waals surface area contributed by atoms with Crippen LogP contribution in [0.2, 0.25) is 0 Å². The third-order valence-electron chi connectivity index (χ3n) is 3.34. The van der Waals surface area contributed by atoms with Gasteiger partial charge < -0.3 is 14.8 Å². The predicted molar refractivity (Wildman–Crippen MR) is 82.3 cm³/mol. The number of nitrogens with one attached hydrogen (secondary N) is 1. The molecule has 0 fully saturated rings. The highest BCUT2D eigenvalue weighted by atomic mass is 19.1. The lowest BCUT2D eigenvalue weighted by Gasteiger charge is -2.13. The van der Waals surface area contributed by atoms with E-state index in [4.69, 9.17) is 9.47 Å². The Morgan fingerprint density at radius 3 is 2.14 bits per heavy atom. The Morgan fingerprint density at radius 2 is 1.57 bits per heavy atom. The van der Waals surface area contributed by atoms with Gasteiger partial charge in [0.05, 0.1) is 14.2 Å². The molecular weight excluding hydrogens is 269 g/mol. The fourth-order valence-electron chi connectivity index (χ4n) is 2.21. The number of rotatable bonds is 6. The molecule has 0 spiro atoms. The van der Waals surface area contributed by atoms with Crippen molar-refractivity contribution in [2.45, 2.75) is 13.5 Å². The van der Waals surface area contributed by atoms with Gasteiger partial charge in [-0.2, -0.15) is 0 Å². The molecule has 0 atom stereocenters. The zero-order valence-corrected chi connectivity index (χ0v) is 12.6. The summed E-state index contributed by atoms with van der Waals surface area (Å²) in [7, 11) is 3.15. The van der Waals surface area contributed by atoms with Crippen molar-refractivity contribution >= 4 is 0 Å². The number of ether oxygens (including phenoxy) is 2. The fraction of sp³-hybridized carbons (Fsp3) is 0.294. The molecule has 0 saturated heterocycles. The summed E-state index contributed by atoms with van der Waals surface area (Å²) >= 11 is 0. The van der Waals surface area contributed by atoms with Crippen molar-refractivity contribution in [3.8, 4) is 22.6 Å². The van der Waals surface area contributed by atoms with E-state index in [0.29, 0.717) is 17.9 Å². The van der Waals surface area contributed by atoms with E-state index in [0.717, 1.165) is 23.4 Å². The third kappa shape index (κ3) is 3.52. The van der Waals surface area contributed by atoms with Crippen LogP contribution in [0.15, 0.2) is 36.4 Å². The number of hydrogen-bond acceptors (Lipinski definition) is 3. The zero-order chi connectivity index (χ0) is 15.2. The second-order valence-corrected chi connectivity index (χ2v) is 4.65. The minimum Gasteiger partial charge on any atom is -0.497 e. The Hall–Kier alpha value is -2.07. The normalized spacial score (nSPS) is 10.5. The fourth-order valence-corrected chi connectivity index (χ4v) is 2.21. The maximum atomic E-state index is 14.3. The van der Waals surface area contributed by atoms with Gasteiger partial charge in [-0.05, 0) is 41.9 Å². The van der Waals surface area contributed by atoms with Gasteiger partial charge in [0.1, 0.15) is 17.3 Å². The SMILES string of the molecule is CCNCc1cc(OC)ccc1-c1ccc(OC)cc1F. The van der Waals surface area contributed by atoms with E-state index in [1.165, 1.54) is 13.2 Å². The second kappa shape index (κ2) is 7.09. The molecule has 2 aromatic carbocycles. The molecule has 0 unspecified atom stereocenters. The van der Waals surface area contributed by atoms with Crippen molar-refractivity contribution in [3.05, 3.63) is 47.8 Å². The van der Waals surface area contributed by atoms with Gasteiger partial charge in [-0.15, -0.1) is 0 Å². The van der Waals surface area contributed by atoms with Crippen LogP contribution in [0.3, 0.4) is 0 Å². The predicted octanol–water partition coefficient (Wildman–Crippen LogP) is 3.62. The Labute approximate surface area is 124 Å². The Morgan fingerprint density at radius 1 is 0.952 bits per heavy atom. The first-order valence-electron chi connectivity index (χ1n) is 6.91. The molecule has 0 aliphatic rings. The first kappa shape index (κ1) is 15.3. The maximum absolute atomic E-state index is 14.3. The van der Waals surface area contributed by atoms with E-state index in [1.54, 1.807) is 19.2 Å². The quantitative estimate of drug-likeness (QED) is 0.881. The lowest BCUT2D eigenvalue weighted by atomic mass is 9.98. The molecule has 4 heteroatoms. The molecule has 21 heavy (non-hydrogen) atoms. The van der Waals surface area contributed by atoms with Crippen LogP contribution in [0.1, 0.15) is 12.5 Å². The first-order valence-corrected chi connectivity index (χ1v) is 6.91. The van der Waals surface area contributed by atoms with E-state index in [-0.39, 0.29) is 5.82 Å². The molecule has 0 aliphatic carbocycles. The molecule has 0 bridgehead atoms. The second-order valence-electron chi connectivity index (χ2n) is 4.65. The highest BCUT2D eigenvalue weighted by Crippen LogP contribution is 2.31. The molecule has 0 aromatic heterocycles. The molecule has 0 saturated carbocycles. The van der Waals surface area contributed by atoms with Crippen LogP contribution >= 0.6 is 0 Å². The van der Waals surface area contributed by atoms with E-state index in [9.17, 15) is 4.39 Å². The molecular formula is C17H20FNO2. The molecule has 2 rings (SSSR count). The van der Waals surface area contributed by atoms with Crippen molar-refractivity contribution in [1.29, 1.82) is 0 Å². The number of benzene rings is 2. The largest absolute Gasteiger partial charge is 0.497 e. The molecule has 1 N–H and O–H groups in total. The molecule has 112 valence electrons. The van der Waals surface area contributed by atoms with Crippen molar-refractivity contribution < 1.29 is 13.9 Å². The standard InChI is InChI=1S/C17H20FNO2/c1-4-19-11-12-9-13(20-2)5-7-15(12)16-8-6-14(21-3)10-17(16)18/h5-10,19H,4,11H2,1-3H3. The van der Waals surface area contributed by atoms with Crippen molar-refractivity contribution in [1.82, 2.24) is 5.32 Å². The summed E-state index contributed by atoms with van der Waals surface area (Å²) in [4.78, 5) is 0. The molecule has 0 aliphatic heterocycles. The zero-order valence-electron chi connectivity index (χ0n) is 12.6. The van der Waals surface area contributed by atoms with Gasteiger partial charge in [-0.25, -0.2) is 4.39 Å². The average molecular weight is 289 g/mol.